The van der Waals surface area contributed by atoms with Crippen LogP contribution in [0.4, 0.5) is 5.95 Å². The Kier molecular flexibility index (Phi) is 5.15. The summed E-state index contributed by atoms with van der Waals surface area (Å²) in [5.74, 6) is 0.184. The van der Waals surface area contributed by atoms with E-state index in [0.29, 0.717) is 12.1 Å². The van der Waals surface area contributed by atoms with E-state index in [2.05, 4.69) is 30.6 Å². The summed E-state index contributed by atoms with van der Waals surface area (Å²) in [5, 5.41) is 0. The van der Waals surface area contributed by atoms with E-state index in [1.54, 1.807) is 38.2 Å². The predicted octanol–water partition coefficient (Wildman–Crippen LogP) is 2.10. The van der Waals surface area contributed by atoms with Crippen LogP contribution in [0.25, 0.3) is 0 Å². The number of nitrogens with one attached hydrogen (secondary N) is 1. The Morgan fingerprint density at radius 2 is 2.09 bits per heavy atom. The summed E-state index contributed by atoms with van der Waals surface area (Å²) in [6, 6.07) is 6.60. The molecule has 2 rings (SSSR count). The summed E-state index contributed by atoms with van der Waals surface area (Å²) in [6.07, 6.45) is 2.04. The van der Waals surface area contributed by atoms with Crippen LogP contribution in [0.5, 0.6) is 0 Å². The summed E-state index contributed by atoms with van der Waals surface area (Å²) in [7, 11) is -3.51. The van der Waals surface area contributed by atoms with E-state index < -0.39 is 10.0 Å². The normalized spacial score (nSPS) is 11.8. The molecule has 6 nitrogen and oxygen atoms in total. The molecule has 0 atom stereocenters. The highest BCUT2D eigenvalue weighted by Gasteiger charge is 2.16. The summed E-state index contributed by atoms with van der Waals surface area (Å²) >= 11 is 3.37. The molecule has 0 saturated heterocycles. The number of rotatable bonds is 5. The van der Waals surface area contributed by atoms with Crippen molar-refractivity contribution in [3.63, 3.8) is 0 Å². The molecule has 1 aromatic carbocycles. The minimum atomic E-state index is -3.51. The zero-order chi connectivity index (χ0) is 16.3. The molecule has 0 aliphatic rings. The van der Waals surface area contributed by atoms with E-state index in [-0.39, 0.29) is 16.9 Å². The molecule has 0 aliphatic heterocycles. The van der Waals surface area contributed by atoms with Gasteiger partial charge in [0.25, 0.3) is 0 Å². The lowest BCUT2D eigenvalue weighted by atomic mass is 10.1. The maximum absolute atomic E-state index is 12.2. The fourth-order valence-corrected chi connectivity index (χ4v) is 3.59. The van der Waals surface area contributed by atoms with Crippen LogP contribution in [0.15, 0.2) is 39.8 Å². The molecule has 22 heavy (non-hydrogen) atoms. The van der Waals surface area contributed by atoms with Gasteiger partial charge in [-0.05, 0) is 47.5 Å². The van der Waals surface area contributed by atoms with Crippen molar-refractivity contribution in [2.45, 2.75) is 31.2 Å². The topological polar surface area (TPSA) is 98.0 Å². The molecular formula is C14H17BrN4O2S. The zero-order valence-electron chi connectivity index (χ0n) is 12.2. The Hall–Kier alpha value is -1.51. The van der Waals surface area contributed by atoms with Crippen LogP contribution in [0.3, 0.4) is 0 Å². The van der Waals surface area contributed by atoms with E-state index in [9.17, 15) is 8.42 Å². The first-order valence-electron chi connectivity index (χ1n) is 6.66. The molecule has 0 radical (unpaired) electrons. The van der Waals surface area contributed by atoms with Crippen molar-refractivity contribution in [3.8, 4) is 0 Å². The number of hydrogen-bond acceptors (Lipinski definition) is 5. The van der Waals surface area contributed by atoms with E-state index in [4.69, 9.17) is 5.73 Å². The van der Waals surface area contributed by atoms with E-state index in [0.717, 1.165) is 10.0 Å². The average molecular weight is 385 g/mol. The highest BCUT2D eigenvalue weighted by atomic mass is 79.9. The largest absolute Gasteiger partial charge is 0.368 e. The summed E-state index contributed by atoms with van der Waals surface area (Å²) in [4.78, 5) is 8.28. The third kappa shape index (κ3) is 4.25. The minimum Gasteiger partial charge on any atom is -0.368 e. The molecule has 0 amide bonds. The van der Waals surface area contributed by atoms with Gasteiger partial charge in [0.2, 0.25) is 16.0 Å². The number of nitrogen functional groups attached to an aromatic ring is 1. The van der Waals surface area contributed by atoms with Crippen molar-refractivity contribution < 1.29 is 8.42 Å². The average Bonchev–Trinajstić information content (AvgIpc) is 2.42. The highest BCUT2D eigenvalue weighted by molar-refractivity contribution is 9.10. The van der Waals surface area contributed by atoms with Crippen molar-refractivity contribution >= 4 is 31.9 Å². The smallest absolute Gasteiger partial charge is 0.240 e. The Bertz CT molecular complexity index is 778. The van der Waals surface area contributed by atoms with Crippen LogP contribution in [0.2, 0.25) is 0 Å². The van der Waals surface area contributed by atoms with Crippen LogP contribution in [-0.2, 0) is 16.4 Å². The molecule has 0 fully saturated rings. The van der Waals surface area contributed by atoms with Crippen LogP contribution in [0, 0.1) is 0 Å². The van der Waals surface area contributed by atoms with Crippen molar-refractivity contribution in [3.05, 3.63) is 46.2 Å². The number of anilines is 1. The number of benzene rings is 1. The Labute approximate surface area is 138 Å². The third-order valence-electron chi connectivity index (χ3n) is 2.81. The molecule has 118 valence electrons. The molecule has 0 unspecified atom stereocenters. The van der Waals surface area contributed by atoms with Gasteiger partial charge in [-0.1, -0.05) is 12.1 Å². The maximum atomic E-state index is 12.2. The molecule has 2 aromatic rings. The lowest BCUT2D eigenvalue weighted by Crippen LogP contribution is -2.30. The van der Waals surface area contributed by atoms with Crippen LogP contribution in [-0.4, -0.2) is 24.4 Å². The van der Waals surface area contributed by atoms with E-state index >= 15 is 0 Å². The highest BCUT2D eigenvalue weighted by Crippen LogP contribution is 2.20. The van der Waals surface area contributed by atoms with Gasteiger partial charge >= 0.3 is 0 Å². The number of halogens is 1. The van der Waals surface area contributed by atoms with Gasteiger partial charge in [-0.15, -0.1) is 0 Å². The zero-order valence-corrected chi connectivity index (χ0v) is 14.6. The van der Waals surface area contributed by atoms with Gasteiger partial charge in [-0.3, -0.25) is 0 Å². The van der Waals surface area contributed by atoms with Gasteiger partial charge in [0.1, 0.15) is 0 Å². The van der Waals surface area contributed by atoms with Gasteiger partial charge in [0.05, 0.1) is 15.1 Å². The molecule has 1 aromatic heterocycles. The Morgan fingerprint density at radius 3 is 2.77 bits per heavy atom. The number of nitrogens with two attached hydrogens (primary N) is 1. The molecule has 0 bridgehead atoms. The second-order valence-corrected chi connectivity index (χ2v) is 7.69. The quantitative estimate of drug-likeness (QED) is 0.822. The number of sulfonamides is 1. The number of aromatic nitrogens is 2. The van der Waals surface area contributed by atoms with Crippen molar-refractivity contribution in [2.75, 3.05) is 5.73 Å². The molecular weight excluding hydrogens is 368 g/mol. The molecule has 8 heteroatoms. The van der Waals surface area contributed by atoms with Crippen molar-refractivity contribution in [1.29, 1.82) is 0 Å². The second kappa shape index (κ2) is 6.72. The van der Waals surface area contributed by atoms with Gasteiger partial charge in [-0.2, -0.15) is 0 Å². The summed E-state index contributed by atoms with van der Waals surface area (Å²) < 4.78 is 27.7. The van der Waals surface area contributed by atoms with Gasteiger partial charge in [0, 0.05) is 18.7 Å². The summed E-state index contributed by atoms with van der Waals surface area (Å²) in [6.45, 7) is 3.56. The lowest BCUT2D eigenvalue weighted by molar-refractivity contribution is 0.569. The van der Waals surface area contributed by atoms with Gasteiger partial charge in [0.15, 0.2) is 0 Å². The van der Waals surface area contributed by atoms with Gasteiger partial charge < -0.3 is 5.73 Å². The maximum Gasteiger partial charge on any atom is 0.240 e. The third-order valence-corrected chi connectivity index (χ3v) is 5.13. The van der Waals surface area contributed by atoms with Crippen molar-refractivity contribution in [2.24, 2.45) is 0 Å². The standard InChI is InChI=1S/C14H17BrN4O2S/c1-9(2)19-22(20,21)11-5-3-4-10(6-11)7-13-12(15)8-17-14(16)18-13/h3-6,8-9,19H,7H2,1-2H3,(H2,16,17,18). The van der Waals surface area contributed by atoms with Crippen molar-refractivity contribution in [1.82, 2.24) is 14.7 Å². The van der Waals surface area contributed by atoms with Crippen LogP contribution >= 0.6 is 15.9 Å². The van der Waals surface area contributed by atoms with Crippen LogP contribution < -0.4 is 10.5 Å². The van der Waals surface area contributed by atoms with E-state index in [1.165, 1.54) is 0 Å². The molecule has 0 spiro atoms. The Morgan fingerprint density at radius 1 is 1.36 bits per heavy atom. The fraction of sp³-hybridized carbons (Fsp3) is 0.286. The predicted molar refractivity (Wildman–Crippen MR) is 88.8 cm³/mol. The first-order valence-corrected chi connectivity index (χ1v) is 8.93. The monoisotopic (exact) mass is 384 g/mol. The lowest BCUT2D eigenvalue weighted by Gasteiger charge is -2.11. The number of hydrogen-bond donors (Lipinski definition) is 2. The fourth-order valence-electron chi connectivity index (χ4n) is 1.94. The second-order valence-electron chi connectivity index (χ2n) is 5.12. The SMILES string of the molecule is CC(C)NS(=O)(=O)c1cccc(Cc2nc(N)ncc2Br)c1. The van der Waals surface area contributed by atoms with Gasteiger partial charge in [-0.25, -0.2) is 23.1 Å². The first-order chi connectivity index (χ1) is 10.3. The molecule has 3 N–H and O–H groups in total. The molecule has 1 heterocycles. The number of nitrogens with zero attached hydrogens (tertiary/aromatic N) is 2. The molecule has 0 aliphatic carbocycles. The van der Waals surface area contributed by atoms with E-state index in [1.807, 2.05) is 6.07 Å². The Balaban J connectivity index is 2.31. The minimum absolute atomic E-state index is 0.163. The summed E-state index contributed by atoms with van der Waals surface area (Å²) in [5.41, 5.74) is 7.12. The van der Waals surface area contributed by atoms with Crippen LogP contribution in [0.1, 0.15) is 25.1 Å². The first kappa shape index (κ1) is 16.9. The molecule has 0 saturated carbocycles.